The van der Waals surface area contributed by atoms with E-state index in [-0.39, 0.29) is 36.4 Å². The largest absolute Gasteiger partial charge is 0.394 e. The highest BCUT2D eigenvalue weighted by molar-refractivity contribution is 5.77. The molecule has 1 N–H and O–H groups in total. The van der Waals surface area contributed by atoms with Crippen molar-refractivity contribution < 1.29 is 14.7 Å². The molecule has 0 bridgehead atoms. The van der Waals surface area contributed by atoms with E-state index in [1.165, 1.54) is 30.9 Å². The monoisotopic (exact) mass is 384 g/mol. The number of carbonyl (C=O) groups is 2. The zero-order valence-corrected chi connectivity index (χ0v) is 17.2. The van der Waals surface area contributed by atoms with Gasteiger partial charge in [-0.1, -0.05) is 37.3 Å². The molecule has 0 saturated carbocycles. The molecule has 152 valence electrons. The Labute approximate surface area is 168 Å². The van der Waals surface area contributed by atoms with Crippen molar-refractivity contribution in [3.8, 4) is 0 Å². The Bertz CT molecular complexity index is 741. The number of nitrogens with zero attached hydrogens (tertiary/aromatic N) is 2. The van der Waals surface area contributed by atoms with Gasteiger partial charge in [0.2, 0.25) is 11.8 Å². The van der Waals surface area contributed by atoms with Crippen LogP contribution in [0.3, 0.4) is 0 Å². The zero-order valence-electron chi connectivity index (χ0n) is 17.2. The summed E-state index contributed by atoms with van der Waals surface area (Å²) in [4.78, 5) is 27.6. The van der Waals surface area contributed by atoms with E-state index in [1.54, 1.807) is 16.8 Å². The van der Waals surface area contributed by atoms with E-state index in [4.69, 9.17) is 0 Å². The Morgan fingerprint density at radius 2 is 1.89 bits per heavy atom. The van der Waals surface area contributed by atoms with Crippen LogP contribution in [0.1, 0.15) is 63.0 Å². The van der Waals surface area contributed by atoms with Crippen molar-refractivity contribution in [3.63, 3.8) is 0 Å². The number of rotatable bonds is 6. The summed E-state index contributed by atoms with van der Waals surface area (Å²) >= 11 is 0. The highest BCUT2D eigenvalue weighted by Gasteiger charge is 2.50. The second-order valence-corrected chi connectivity index (χ2v) is 7.99. The number of benzene rings is 1. The molecule has 0 radical (unpaired) electrons. The van der Waals surface area contributed by atoms with Crippen LogP contribution in [-0.2, 0) is 9.59 Å². The van der Waals surface area contributed by atoms with Crippen molar-refractivity contribution in [2.45, 2.75) is 64.0 Å². The molecule has 0 aromatic heterocycles. The fourth-order valence-corrected chi connectivity index (χ4v) is 4.73. The van der Waals surface area contributed by atoms with Crippen molar-refractivity contribution in [2.24, 2.45) is 0 Å². The smallest absolute Gasteiger partial charge is 0.222 e. The maximum absolute atomic E-state index is 12.2. The number of amides is 2. The number of likely N-dealkylation sites (N-methyl/N-ethyl adjacent to an activating group) is 1. The first-order valence-electron chi connectivity index (χ1n) is 10.4. The predicted molar refractivity (Wildman–Crippen MR) is 111 cm³/mol. The van der Waals surface area contributed by atoms with Crippen LogP contribution in [0.15, 0.2) is 30.3 Å². The van der Waals surface area contributed by atoms with Crippen molar-refractivity contribution in [3.05, 3.63) is 41.5 Å². The minimum Gasteiger partial charge on any atom is -0.394 e. The standard InChI is InChI=1S/C23H32N2O3/c1-4-22(28)24(3)14-20-23(21(15-26)25(20)16(2)27)19-12-10-18(11-13-19)17-8-6-5-7-9-17/h8,10-13,20-21,23,26H,4-7,9,14-15H2,1-3H3/t20-,21+,23+/m0/s1. The third-order valence-corrected chi connectivity index (χ3v) is 6.24. The van der Waals surface area contributed by atoms with E-state index in [0.29, 0.717) is 13.0 Å². The zero-order chi connectivity index (χ0) is 20.3. The van der Waals surface area contributed by atoms with Crippen LogP contribution in [0.25, 0.3) is 5.57 Å². The molecule has 1 aromatic rings. The van der Waals surface area contributed by atoms with Crippen LogP contribution >= 0.6 is 0 Å². The lowest BCUT2D eigenvalue weighted by Gasteiger charge is -2.55. The lowest BCUT2D eigenvalue weighted by Crippen LogP contribution is -2.68. The Balaban J connectivity index is 1.83. The SMILES string of the molecule is CCC(=O)N(C)C[C@H]1[C@@H](c2ccc(C3=CCCCC3)cc2)[C@@H](CO)N1C(C)=O. The summed E-state index contributed by atoms with van der Waals surface area (Å²) in [6, 6.07) is 8.25. The van der Waals surface area contributed by atoms with Crippen LogP contribution in [0.2, 0.25) is 0 Å². The van der Waals surface area contributed by atoms with Gasteiger partial charge in [0.1, 0.15) is 0 Å². The van der Waals surface area contributed by atoms with Gasteiger partial charge in [-0.15, -0.1) is 0 Å². The molecule has 2 amide bonds. The molecule has 3 atom stereocenters. The van der Waals surface area contributed by atoms with Gasteiger partial charge in [-0.2, -0.15) is 0 Å². The third-order valence-electron chi connectivity index (χ3n) is 6.24. The summed E-state index contributed by atoms with van der Waals surface area (Å²) in [5.41, 5.74) is 3.81. The van der Waals surface area contributed by atoms with Crippen molar-refractivity contribution in [1.29, 1.82) is 0 Å². The summed E-state index contributed by atoms with van der Waals surface area (Å²) < 4.78 is 0. The maximum atomic E-state index is 12.2. The molecule has 1 heterocycles. The van der Waals surface area contributed by atoms with Gasteiger partial charge in [0.05, 0.1) is 18.7 Å². The highest BCUT2D eigenvalue weighted by Crippen LogP contribution is 2.41. The predicted octanol–water partition coefficient (Wildman–Crippen LogP) is 3.19. The summed E-state index contributed by atoms with van der Waals surface area (Å²) in [7, 11) is 1.78. The molecule has 28 heavy (non-hydrogen) atoms. The Morgan fingerprint density at radius 3 is 2.43 bits per heavy atom. The fraction of sp³-hybridized carbons (Fsp3) is 0.565. The van der Waals surface area contributed by atoms with Crippen LogP contribution in [0, 0.1) is 0 Å². The average molecular weight is 385 g/mol. The number of carbonyl (C=O) groups excluding carboxylic acids is 2. The summed E-state index contributed by atoms with van der Waals surface area (Å²) in [5.74, 6) is 0.0475. The van der Waals surface area contributed by atoms with E-state index < -0.39 is 0 Å². The molecule has 0 spiro atoms. The Morgan fingerprint density at radius 1 is 1.18 bits per heavy atom. The van der Waals surface area contributed by atoms with Gasteiger partial charge < -0.3 is 14.9 Å². The molecule has 1 aliphatic heterocycles. The van der Waals surface area contributed by atoms with Gasteiger partial charge in [-0.05, 0) is 42.4 Å². The number of aliphatic hydroxyl groups is 1. The lowest BCUT2D eigenvalue weighted by molar-refractivity contribution is -0.151. The molecule has 1 fully saturated rings. The molecule has 5 nitrogen and oxygen atoms in total. The van der Waals surface area contributed by atoms with Gasteiger partial charge in [-0.25, -0.2) is 0 Å². The first kappa shape index (κ1) is 20.6. The van der Waals surface area contributed by atoms with Crippen LogP contribution in [-0.4, -0.2) is 59.0 Å². The van der Waals surface area contributed by atoms with E-state index in [9.17, 15) is 14.7 Å². The minimum atomic E-state index is -0.229. The summed E-state index contributed by atoms with van der Waals surface area (Å²) in [5, 5.41) is 9.92. The van der Waals surface area contributed by atoms with Crippen LogP contribution in [0.4, 0.5) is 0 Å². The Kier molecular flexibility index (Phi) is 6.55. The molecular weight excluding hydrogens is 352 g/mol. The van der Waals surface area contributed by atoms with E-state index in [2.05, 4.69) is 30.3 Å². The van der Waals surface area contributed by atoms with Crippen LogP contribution < -0.4 is 0 Å². The van der Waals surface area contributed by atoms with Crippen molar-refractivity contribution >= 4 is 17.4 Å². The quantitative estimate of drug-likeness (QED) is 0.819. The number of hydrogen-bond acceptors (Lipinski definition) is 3. The number of allylic oxidation sites excluding steroid dienone is 2. The maximum Gasteiger partial charge on any atom is 0.222 e. The third kappa shape index (κ3) is 4.00. The number of hydrogen-bond donors (Lipinski definition) is 1. The second kappa shape index (κ2) is 8.91. The molecular formula is C23H32N2O3. The minimum absolute atomic E-state index is 0.0374. The average Bonchev–Trinajstić information content (AvgIpc) is 2.70. The highest BCUT2D eigenvalue weighted by atomic mass is 16.3. The number of aliphatic hydroxyl groups excluding tert-OH is 1. The van der Waals surface area contributed by atoms with Gasteiger partial charge in [0, 0.05) is 32.9 Å². The van der Waals surface area contributed by atoms with E-state index in [0.717, 1.165) is 18.4 Å². The van der Waals surface area contributed by atoms with Gasteiger partial charge in [0.15, 0.2) is 0 Å². The Hall–Kier alpha value is -2.14. The molecule has 1 aromatic carbocycles. The first-order valence-corrected chi connectivity index (χ1v) is 10.4. The normalized spacial score (nSPS) is 24.4. The van der Waals surface area contributed by atoms with E-state index >= 15 is 0 Å². The van der Waals surface area contributed by atoms with Gasteiger partial charge >= 0.3 is 0 Å². The molecule has 5 heteroatoms. The molecule has 3 rings (SSSR count). The lowest BCUT2D eigenvalue weighted by atomic mass is 9.74. The summed E-state index contributed by atoms with van der Waals surface area (Å²) in [6.07, 6.45) is 7.59. The molecule has 1 saturated heterocycles. The number of likely N-dealkylation sites (tertiary alicyclic amines) is 1. The fourth-order valence-electron chi connectivity index (χ4n) is 4.73. The van der Waals surface area contributed by atoms with Gasteiger partial charge in [-0.3, -0.25) is 9.59 Å². The van der Waals surface area contributed by atoms with Crippen LogP contribution in [0.5, 0.6) is 0 Å². The first-order chi connectivity index (χ1) is 13.5. The van der Waals surface area contributed by atoms with Crippen molar-refractivity contribution in [1.82, 2.24) is 9.80 Å². The topological polar surface area (TPSA) is 60.9 Å². The second-order valence-electron chi connectivity index (χ2n) is 7.99. The van der Waals surface area contributed by atoms with E-state index in [1.807, 2.05) is 6.92 Å². The summed E-state index contributed by atoms with van der Waals surface area (Å²) in [6.45, 7) is 3.79. The molecule has 0 unspecified atom stereocenters. The van der Waals surface area contributed by atoms with Gasteiger partial charge in [0.25, 0.3) is 0 Å². The molecule has 2 aliphatic rings. The molecule has 1 aliphatic carbocycles. The van der Waals surface area contributed by atoms with Crippen molar-refractivity contribution in [2.75, 3.05) is 20.2 Å².